The molecule has 3 aromatic rings. The Balaban J connectivity index is 1.72. The zero-order valence-corrected chi connectivity index (χ0v) is 16.2. The maximum Gasteiger partial charge on any atom is 0.278 e. The Kier molecular flexibility index (Phi) is 6.24. The molecule has 7 heteroatoms. The third kappa shape index (κ3) is 4.54. The Labute approximate surface area is 158 Å². The topological polar surface area (TPSA) is 84.8 Å². The van der Waals surface area contributed by atoms with E-state index >= 15 is 0 Å². The lowest BCUT2D eigenvalue weighted by atomic mass is 10.0. The predicted molar refractivity (Wildman–Crippen MR) is 107 cm³/mol. The Morgan fingerprint density at radius 2 is 2.15 bits per heavy atom. The van der Waals surface area contributed by atoms with E-state index in [0.717, 1.165) is 31.4 Å². The summed E-state index contributed by atoms with van der Waals surface area (Å²) in [4.78, 5) is 24.1. The molecule has 144 valence electrons. The summed E-state index contributed by atoms with van der Waals surface area (Å²) in [5.41, 5.74) is 4.59. The number of unbranched alkanes of at least 4 members (excludes halogenated alkanes) is 1. The second-order valence-electron chi connectivity index (χ2n) is 6.69. The number of anilines is 1. The van der Waals surface area contributed by atoms with Gasteiger partial charge in [0.1, 0.15) is 0 Å². The SMILES string of the molecule is CCc1cc(CNc2nc3ncn(CCCCOC)c3c(=O)[nH]2)ccc1C. The number of aryl methyl sites for hydroxylation is 3. The first-order chi connectivity index (χ1) is 13.1. The lowest BCUT2D eigenvalue weighted by molar-refractivity contribution is 0.191. The molecule has 0 unspecified atom stereocenters. The summed E-state index contributed by atoms with van der Waals surface area (Å²) in [5.74, 6) is 0.441. The first-order valence-corrected chi connectivity index (χ1v) is 9.38. The summed E-state index contributed by atoms with van der Waals surface area (Å²) in [7, 11) is 1.69. The van der Waals surface area contributed by atoms with Crippen LogP contribution < -0.4 is 10.9 Å². The summed E-state index contributed by atoms with van der Waals surface area (Å²) in [6.45, 7) is 6.31. The number of benzene rings is 1. The molecule has 27 heavy (non-hydrogen) atoms. The van der Waals surface area contributed by atoms with E-state index in [1.54, 1.807) is 13.4 Å². The van der Waals surface area contributed by atoms with Crippen molar-refractivity contribution in [2.45, 2.75) is 46.2 Å². The molecule has 0 fully saturated rings. The van der Waals surface area contributed by atoms with E-state index in [1.165, 1.54) is 11.1 Å². The molecular weight excluding hydrogens is 342 g/mol. The van der Waals surface area contributed by atoms with Crippen LogP contribution in [0.3, 0.4) is 0 Å². The number of imidazole rings is 1. The van der Waals surface area contributed by atoms with Gasteiger partial charge in [0.15, 0.2) is 11.2 Å². The molecule has 1 aromatic carbocycles. The van der Waals surface area contributed by atoms with Gasteiger partial charge in [-0.25, -0.2) is 4.98 Å². The van der Waals surface area contributed by atoms with Gasteiger partial charge in [-0.2, -0.15) is 4.98 Å². The van der Waals surface area contributed by atoms with E-state index in [2.05, 4.69) is 52.3 Å². The van der Waals surface area contributed by atoms with Gasteiger partial charge in [-0.1, -0.05) is 25.1 Å². The fourth-order valence-electron chi connectivity index (χ4n) is 3.17. The maximum atomic E-state index is 12.5. The predicted octanol–water partition coefficient (Wildman–Crippen LogP) is 3.03. The van der Waals surface area contributed by atoms with Crippen molar-refractivity contribution < 1.29 is 4.74 Å². The van der Waals surface area contributed by atoms with Gasteiger partial charge in [0, 0.05) is 26.8 Å². The molecule has 0 atom stereocenters. The molecule has 3 rings (SSSR count). The average molecular weight is 369 g/mol. The number of methoxy groups -OCH3 is 1. The Hall–Kier alpha value is -2.67. The van der Waals surface area contributed by atoms with Gasteiger partial charge >= 0.3 is 0 Å². The molecule has 0 aliphatic heterocycles. The summed E-state index contributed by atoms with van der Waals surface area (Å²) in [6, 6.07) is 6.40. The fourth-order valence-corrected chi connectivity index (χ4v) is 3.17. The maximum absolute atomic E-state index is 12.5. The van der Waals surface area contributed by atoms with Crippen molar-refractivity contribution in [2.75, 3.05) is 19.0 Å². The highest BCUT2D eigenvalue weighted by Crippen LogP contribution is 2.14. The van der Waals surface area contributed by atoms with Crippen LogP contribution in [-0.4, -0.2) is 33.2 Å². The summed E-state index contributed by atoms with van der Waals surface area (Å²) in [5, 5.41) is 3.20. The third-order valence-corrected chi connectivity index (χ3v) is 4.74. The molecule has 2 heterocycles. The second kappa shape index (κ2) is 8.81. The molecule has 0 aliphatic rings. The smallest absolute Gasteiger partial charge is 0.278 e. The monoisotopic (exact) mass is 369 g/mol. The highest BCUT2D eigenvalue weighted by molar-refractivity contribution is 5.70. The van der Waals surface area contributed by atoms with Crippen LogP contribution in [0.15, 0.2) is 29.3 Å². The summed E-state index contributed by atoms with van der Waals surface area (Å²) in [6.07, 6.45) is 4.54. The van der Waals surface area contributed by atoms with Crippen molar-refractivity contribution in [3.63, 3.8) is 0 Å². The molecule has 0 saturated heterocycles. The van der Waals surface area contributed by atoms with Crippen LogP contribution in [0.5, 0.6) is 0 Å². The van der Waals surface area contributed by atoms with Gasteiger partial charge in [0.25, 0.3) is 5.56 Å². The van der Waals surface area contributed by atoms with Crippen molar-refractivity contribution in [1.82, 2.24) is 19.5 Å². The van der Waals surface area contributed by atoms with Gasteiger partial charge in [0.2, 0.25) is 5.95 Å². The van der Waals surface area contributed by atoms with Crippen molar-refractivity contribution in [3.05, 3.63) is 51.6 Å². The molecule has 0 saturated carbocycles. The number of aromatic nitrogens is 4. The molecule has 0 radical (unpaired) electrons. The van der Waals surface area contributed by atoms with Gasteiger partial charge < -0.3 is 14.6 Å². The summed E-state index contributed by atoms with van der Waals surface area (Å²) >= 11 is 0. The number of fused-ring (bicyclic) bond motifs is 1. The highest BCUT2D eigenvalue weighted by Gasteiger charge is 2.10. The molecule has 0 amide bonds. The van der Waals surface area contributed by atoms with Crippen LogP contribution in [0, 0.1) is 6.92 Å². The Bertz CT molecular complexity index is 961. The number of nitrogens with one attached hydrogen (secondary N) is 2. The quantitative estimate of drug-likeness (QED) is 0.566. The molecule has 2 N–H and O–H groups in total. The van der Waals surface area contributed by atoms with Gasteiger partial charge in [-0.15, -0.1) is 0 Å². The van der Waals surface area contributed by atoms with Gasteiger partial charge in [0.05, 0.1) is 6.33 Å². The lowest BCUT2D eigenvalue weighted by Crippen LogP contribution is -2.16. The Morgan fingerprint density at radius 1 is 1.30 bits per heavy atom. The Morgan fingerprint density at radius 3 is 2.93 bits per heavy atom. The number of hydrogen-bond acceptors (Lipinski definition) is 5. The minimum Gasteiger partial charge on any atom is -0.385 e. The highest BCUT2D eigenvalue weighted by atomic mass is 16.5. The van der Waals surface area contributed by atoms with Crippen molar-refractivity contribution >= 4 is 17.1 Å². The van der Waals surface area contributed by atoms with Gasteiger partial charge in [-0.3, -0.25) is 9.78 Å². The molecule has 2 aromatic heterocycles. The van der Waals surface area contributed by atoms with Crippen LogP contribution in [0.2, 0.25) is 0 Å². The van der Waals surface area contributed by atoms with Crippen LogP contribution in [0.1, 0.15) is 36.5 Å². The number of nitrogens with zero attached hydrogens (tertiary/aromatic N) is 3. The van der Waals surface area contributed by atoms with E-state index in [9.17, 15) is 4.79 Å². The summed E-state index contributed by atoms with van der Waals surface area (Å²) < 4.78 is 6.91. The molecule has 0 aliphatic carbocycles. The van der Waals surface area contributed by atoms with Crippen LogP contribution in [-0.2, 0) is 24.2 Å². The third-order valence-electron chi connectivity index (χ3n) is 4.74. The number of hydrogen-bond donors (Lipinski definition) is 2. The number of ether oxygens (including phenoxy) is 1. The number of rotatable bonds is 9. The van der Waals surface area contributed by atoms with Crippen molar-refractivity contribution in [3.8, 4) is 0 Å². The molecule has 0 bridgehead atoms. The normalized spacial score (nSPS) is 11.2. The van der Waals surface area contributed by atoms with Gasteiger partial charge in [-0.05, 0) is 42.9 Å². The molecule has 0 spiro atoms. The first-order valence-electron chi connectivity index (χ1n) is 9.38. The molecular formula is C20H27N5O2. The minimum atomic E-state index is -0.176. The van der Waals surface area contributed by atoms with Crippen LogP contribution in [0.4, 0.5) is 5.95 Å². The minimum absolute atomic E-state index is 0.176. The number of H-pyrrole nitrogens is 1. The van der Waals surface area contributed by atoms with Crippen molar-refractivity contribution in [2.24, 2.45) is 0 Å². The second-order valence-corrected chi connectivity index (χ2v) is 6.69. The largest absolute Gasteiger partial charge is 0.385 e. The van der Waals surface area contributed by atoms with E-state index in [4.69, 9.17) is 4.74 Å². The van der Waals surface area contributed by atoms with E-state index in [-0.39, 0.29) is 5.56 Å². The number of aromatic amines is 1. The lowest BCUT2D eigenvalue weighted by Gasteiger charge is -2.09. The molecule has 7 nitrogen and oxygen atoms in total. The fraction of sp³-hybridized carbons (Fsp3) is 0.450. The van der Waals surface area contributed by atoms with E-state index in [1.807, 2.05) is 4.57 Å². The average Bonchev–Trinajstić information content (AvgIpc) is 3.08. The standard InChI is InChI=1S/C20H27N5O2/c1-4-16-11-15(8-7-14(16)2)12-21-20-23-18-17(19(26)24-20)25(13-22-18)9-5-6-10-27-3/h7-8,11,13H,4-6,9-10,12H2,1-3H3,(H2,21,23,24,26). The van der Waals surface area contributed by atoms with Crippen LogP contribution >= 0.6 is 0 Å². The first kappa shape index (κ1) is 19.1. The van der Waals surface area contributed by atoms with Crippen LogP contribution in [0.25, 0.3) is 11.2 Å². The van der Waals surface area contributed by atoms with E-state index in [0.29, 0.717) is 30.3 Å². The zero-order valence-electron chi connectivity index (χ0n) is 16.2. The zero-order chi connectivity index (χ0) is 19.2. The van der Waals surface area contributed by atoms with E-state index < -0.39 is 0 Å². The van der Waals surface area contributed by atoms with Crippen molar-refractivity contribution in [1.29, 1.82) is 0 Å².